The Labute approximate surface area is 218 Å². The minimum absolute atomic E-state index is 0.0723. The molecule has 11 heteroatoms. The van der Waals surface area contributed by atoms with Crippen molar-refractivity contribution in [3.05, 3.63) is 64.9 Å². The van der Waals surface area contributed by atoms with Crippen LogP contribution in [-0.2, 0) is 26.3 Å². The minimum atomic E-state index is -4.11. The van der Waals surface area contributed by atoms with Crippen LogP contribution in [0.2, 0.25) is 5.02 Å². The molecule has 0 fully saturated rings. The first-order valence-electron chi connectivity index (χ1n) is 11.6. The van der Waals surface area contributed by atoms with Gasteiger partial charge in [0.1, 0.15) is 18.4 Å². The van der Waals surface area contributed by atoms with Gasteiger partial charge in [-0.3, -0.25) is 9.59 Å². The summed E-state index contributed by atoms with van der Waals surface area (Å²) in [5.74, 6) is -1.22. The number of amides is 2. The number of benzene rings is 2. The molecule has 2 rings (SSSR count). The van der Waals surface area contributed by atoms with E-state index in [2.05, 4.69) is 5.32 Å². The van der Waals surface area contributed by atoms with Crippen LogP contribution in [0, 0.1) is 11.7 Å². The number of hydrogen-bond donors (Lipinski definition) is 1. The van der Waals surface area contributed by atoms with Gasteiger partial charge in [-0.05, 0) is 54.3 Å². The lowest BCUT2D eigenvalue weighted by atomic mass is 10.1. The zero-order chi connectivity index (χ0) is 27.0. The number of nitrogens with one attached hydrogen (secondary N) is 1. The molecule has 0 aliphatic heterocycles. The van der Waals surface area contributed by atoms with Crippen LogP contribution in [0.4, 0.5) is 10.1 Å². The molecule has 2 aromatic carbocycles. The molecule has 0 radical (unpaired) electrons. The normalized spacial score (nSPS) is 12.5. The molecule has 0 aliphatic rings. The number of halogens is 2. The van der Waals surface area contributed by atoms with E-state index in [1.165, 1.54) is 31.1 Å². The summed E-state index contributed by atoms with van der Waals surface area (Å²) >= 11 is 6.00. The highest BCUT2D eigenvalue weighted by Gasteiger charge is 2.33. The van der Waals surface area contributed by atoms with Gasteiger partial charge in [-0.15, -0.1) is 0 Å². The largest absolute Gasteiger partial charge is 0.354 e. The molecular weight excluding hydrogens is 507 g/mol. The van der Waals surface area contributed by atoms with Crippen LogP contribution in [0.5, 0.6) is 0 Å². The van der Waals surface area contributed by atoms with Crippen LogP contribution in [-0.4, -0.2) is 62.7 Å². The van der Waals surface area contributed by atoms with Crippen LogP contribution >= 0.6 is 11.6 Å². The van der Waals surface area contributed by atoms with Crippen LogP contribution in [0.15, 0.2) is 48.5 Å². The molecule has 0 heterocycles. The molecule has 2 amide bonds. The molecule has 0 aliphatic carbocycles. The van der Waals surface area contributed by atoms with E-state index in [-0.39, 0.29) is 24.1 Å². The lowest BCUT2D eigenvalue weighted by molar-refractivity contribution is -0.140. The maximum Gasteiger partial charge on any atom is 0.304 e. The topological polar surface area (TPSA) is 90.0 Å². The van der Waals surface area contributed by atoms with E-state index >= 15 is 0 Å². The Kier molecular flexibility index (Phi) is 10.7. The third-order valence-electron chi connectivity index (χ3n) is 5.47. The number of hydrogen-bond acceptors (Lipinski definition) is 4. The van der Waals surface area contributed by atoms with Crippen LogP contribution in [0.25, 0.3) is 0 Å². The molecule has 0 unspecified atom stereocenters. The third-order valence-corrected chi connectivity index (χ3v) is 7.54. The van der Waals surface area contributed by atoms with Crippen molar-refractivity contribution >= 4 is 39.3 Å². The maximum absolute atomic E-state index is 13.7. The summed E-state index contributed by atoms with van der Waals surface area (Å²) in [6.45, 7) is 5.65. The molecule has 1 N–H and O–H groups in total. The predicted molar refractivity (Wildman–Crippen MR) is 140 cm³/mol. The monoisotopic (exact) mass is 540 g/mol. The molecule has 8 nitrogen and oxygen atoms in total. The van der Waals surface area contributed by atoms with E-state index in [4.69, 9.17) is 11.6 Å². The van der Waals surface area contributed by atoms with Crippen molar-refractivity contribution in [3.63, 3.8) is 0 Å². The lowest BCUT2D eigenvalue weighted by Crippen LogP contribution is -2.53. The van der Waals surface area contributed by atoms with Gasteiger partial charge >= 0.3 is 10.2 Å². The smallest absolute Gasteiger partial charge is 0.304 e. The Morgan fingerprint density at radius 3 is 2.11 bits per heavy atom. The summed E-state index contributed by atoms with van der Waals surface area (Å²) in [4.78, 5) is 28.1. The van der Waals surface area contributed by atoms with Crippen LogP contribution in [0.1, 0.15) is 32.8 Å². The second kappa shape index (κ2) is 13.0. The summed E-state index contributed by atoms with van der Waals surface area (Å²) in [5, 5.41) is 3.39. The summed E-state index contributed by atoms with van der Waals surface area (Å²) < 4.78 is 41.6. The van der Waals surface area contributed by atoms with E-state index < -0.39 is 34.5 Å². The van der Waals surface area contributed by atoms with Gasteiger partial charge in [-0.1, -0.05) is 44.5 Å². The highest BCUT2D eigenvalue weighted by atomic mass is 35.5. The van der Waals surface area contributed by atoms with E-state index in [0.29, 0.717) is 18.0 Å². The minimum Gasteiger partial charge on any atom is -0.354 e. The van der Waals surface area contributed by atoms with Gasteiger partial charge in [-0.25, -0.2) is 8.70 Å². The van der Waals surface area contributed by atoms with Crippen molar-refractivity contribution in [1.82, 2.24) is 14.5 Å². The molecule has 198 valence electrons. The highest BCUT2D eigenvalue weighted by molar-refractivity contribution is 7.90. The van der Waals surface area contributed by atoms with Gasteiger partial charge in [0.15, 0.2) is 0 Å². The van der Waals surface area contributed by atoms with Crippen LogP contribution < -0.4 is 9.62 Å². The van der Waals surface area contributed by atoms with Gasteiger partial charge < -0.3 is 10.2 Å². The molecular formula is C25H34ClFN4O4S. The summed E-state index contributed by atoms with van der Waals surface area (Å²) in [6.07, 6.45) is 0.320. The number of rotatable bonds is 12. The Hall–Kier alpha value is -2.69. The Bertz CT molecular complexity index is 1130. The van der Waals surface area contributed by atoms with Crippen molar-refractivity contribution in [2.24, 2.45) is 5.92 Å². The molecule has 1 atom stereocenters. The van der Waals surface area contributed by atoms with Crippen molar-refractivity contribution in [2.75, 3.05) is 31.5 Å². The molecule has 2 aromatic rings. The maximum atomic E-state index is 13.7. The first-order valence-corrected chi connectivity index (χ1v) is 13.4. The quantitative estimate of drug-likeness (QED) is 0.445. The van der Waals surface area contributed by atoms with Gasteiger partial charge in [0.2, 0.25) is 11.8 Å². The lowest BCUT2D eigenvalue weighted by Gasteiger charge is -2.34. The average Bonchev–Trinajstić information content (AvgIpc) is 2.82. The Balaban J connectivity index is 2.46. The van der Waals surface area contributed by atoms with Crippen molar-refractivity contribution in [1.29, 1.82) is 0 Å². The van der Waals surface area contributed by atoms with Gasteiger partial charge in [0.25, 0.3) is 0 Å². The van der Waals surface area contributed by atoms with Crippen molar-refractivity contribution in [3.8, 4) is 0 Å². The molecule has 0 saturated heterocycles. The first-order chi connectivity index (χ1) is 16.9. The second-order valence-electron chi connectivity index (χ2n) is 8.98. The molecule has 0 aromatic heterocycles. The Morgan fingerprint density at radius 1 is 1.03 bits per heavy atom. The molecule has 0 saturated carbocycles. The first kappa shape index (κ1) is 29.5. The zero-order valence-electron chi connectivity index (χ0n) is 21.2. The third kappa shape index (κ3) is 7.91. The number of carbonyl (C=O) groups excluding carboxylic acids is 2. The molecule has 36 heavy (non-hydrogen) atoms. The highest BCUT2D eigenvalue weighted by Crippen LogP contribution is 2.22. The SMILES string of the molecule is CC[C@@H](C(=O)NCC(C)C)N(Cc1ccc(Cl)cc1)C(=O)CN(c1ccc(F)cc1)S(=O)(=O)N(C)C. The Morgan fingerprint density at radius 2 is 1.61 bits per heavy atom. The summed E-state index contributed by atoms with van der Waals surface area (Å²) in [7, 11) is -1.42. The fraction of sp³-hybridized carbons (Fsp3) is 0.440. The summed E-state index contributed by atoms with van der Waals surface area (Å²) in [5.41, 5.74) is 0.855. The zero-order valence-corrected chi connectivity index (χ0v) is 22.8. The average molecular weight is 541 g/mol. The fourth-order valence-corrected chi connectivity index (χ4v) is 4.63. The number of anilines is 1. The van der Waals surface area contributed by atoms with Gasteiger partial charge in [0, 0.05) is 32.2 Å². The van der Waals surface area contributed by atoms with Gasteiger partial charge in [0.05, 0.1) is 5.69 Å². The second-order valence-corrected chi connectivity index (χ2v) is 11.5. The number of nitrogens with zero attached hydrogens (tertiary/aromatic N) is 3. The fourth-order valence-electron chi connectivity index (χ4n) is 3.45. The summed E-state index contributed by atoms with van der Waals surface area (Å²) in [6, 6.07) is 10.9. The van der Waals surface area contributed by atoms with E-state index in [1.54, 1.807) is 31.2 Å². The molecule has 0 spiro atoms. The van der Waals surface area contributed by atoms with E-state index in [0.717, 1.165) is 26.3 Å². The van der Waals surface area contributed by atoms with Crippen molar-refractivity contribution < 1.29 is 22.4 Å². The van der Waals surface area contributed by atoms with E-state index in [1.807, 2.05) is 13.8 Å². The van der Waals surface area contributed by atoms with E-state index in [9.17, 15) is 22.4 Å². The molecule has 0 bridgehead atoms. The van der Waals surface area contributed by atoms with Gasteiger partial charge in [-0.2, -0.15) is 12.7 Å². The number of carbonyl (C=O) groups is 2. The van der Waals surface area contributed by atoms with Crippen LogP contribution in [0.3, 0.4) is 0 Å². The standard InChI is InChI=1S/C25H34ClFN4O4S/c1-6-23(25(33)28-15-18(2)3)30(16-19-7-9-20(26)10-8-19)24(32)17-31(36(34,35)29(4)5)22-13-11-21(27)12-14-22/h7-14,18,23H,6,15-17H2,1-5H3,(H,28,33)/t23-/m0/s1. The van der Waals surface area contributed by atoms with Crippen molar-refractivity contribution in [2.45, 2.75) is 39.8 Å². The predicted octanol–water partition coefficient (Wildman–Crippen LogP) is 3.67.